The Bertz CT molecular complexity index is 1210. The molecule has 2 aromatic carbocycles. The molecular weight excluding hydrogens is 448 g/mol. The molecule has 0 fully saturated rings. The van der Waals surface area contributed by atoms with Gasteiger partial charge in [0.1, 0.15) is 5.82 Å². The highest BCUT2D eigenvalue weighted by Crippen LogP contribution is 2.39. The van der Waals surface area contributed by atoms with Crippen LogP contribution in [-0.4, -0.2) is 23.1 Å². The first-order chi connectivity index (χ1) is 16.3. The summed E-state index contributed by atoms with van der Waals surface area (Å²) in [6, 6.07) is 9.46. The summed E-state index contributed by atoms with van der Waals surface area (Å²) >= 11 is 0. The van der Waals surface area contributed by atoms with Crippen LogP contribution < -0.4 is 15.4 Å². The molecule has 0 amide bonds. The van der Waals surface area contributed by atoms with E-state index in [0.29, 0.717) is 54.4 Å². The Balaban J connectivity index is 1.77. The molecule has 0 saturated heterocycles. The van der Waals surface area contributed by atoms with E-state index in [1.807, 2.05) is 6.92 Å². The van der Waals surface area contributed by atoms with E-state index >= 15 is 0 Å². The van der Waals surface area contributed by atoms with E-state index in [1.165, 1.54) is 30.3 Å². The van der Waals surface area contributed by atoms with Crippen LogP contribution in [0.15, 0.2) is 49.0 Å². The van der Waals surface area contributed by atoms with Crippen molar-refractivity contribution >= 4 is 17.2 Å². The lowest BCUT2D eigenvalue weighted by molar-refractivity contribution is -0.137. The molecule has 2 N–H and O–H groups in total. The highest BCUT2D eigenvalue weighted by atomic mass is 19.4. The van der Waals surface area contributed by atoms with Gasteiger partial charge in [0.2, 0.25) is 0 Å². The maximum atomic E-state index is 14.0. The van der Waals surface area contributed by atoms with E-state index in [-0.39, 0.29) is 17.2 Å². The zero-order valence-corrected chi connectivity index (χ0v) is 18.6. The van der Waals surface area contributed by atoms with Gasteiger partial charge in [-0.25, -0.2) is 14.4 Å². The fourth-order valence-electron chi connectivity index (χ4n) is 3.75. The molecule has 0 spiro atoms. The van der Waals surface area contributed by atoms with E-state index < -0.39 is 17.6 Å². The monoisotopic (exact) mass is 472 g/mol. The van der Waals surface area contributed by atoms with Crippen molar-refractivity contribution in [2.45, 2.75) is 32.4 Å². The fraction of sp³-hybridized carbons (Fsp3) is 0.280. The number of hydrogen-bond donors (Lipinski definition) is 2. The van der Waals surface area contributed by atoms with E-state index in [4.69, 9.17) is 4.74 Å². The predicted molar refractivity (Wildman–Crippen MR) is 124 cm³/mol. The summed E-state index contributed by atoms with van der Waals surface area (Å²) in [6.45, 7) is 7.14. The second kappa shape index (κ2) is 9.70. The minimum Gasteiger partial charge on any atom is -0.488 e. The second-order valence-electron chi connectivity index (χ2n) is 7.89. The number of nitrogens with one attached hydrogen (secondary N) is 2. The van der Waals surface area contributed by atoms with Crippen LogP contribution in [0.5, 0.6) is 5.75 Å². The van der Waals surface area contributed by atoms with Crippen molar-refractivity contribution in [3.63, 3.8) is 0 Å². The number of fused-ring (bicyclic) bond motifs is 1. The number of halogens is 4. The molecular formula is C25H24F4N4O. The van der Waals surface area contributed by atoms with E-state index in [9.17, 15) is 17.6 Å². The summed E-state index contributed by atoms with van der Waals surface area (Å²) in [7, 11) is 0. The number of rotatable bonds is 7. The number of ether oxygens (including phenoxy) is 1. The van der Waals surface area contributed by atoms with Crippen LogP contribution in [0.2, 0.25) is 0 Å². The van der Waals surface area contributed by atoms with E-state index in [0.717, 1.165) is 12.5 Å². The van der Waals surface area contributed by atoms with Crippen molar-refractivity contribution in [2.75, 3.05) is 23.8 Å². The van der Waals surface area contributed by atoms with Crippen molar-refractivity contribution < 1.29 is 22.3 Å². The third-order valence-corrected chi connectivity index (χ3v) is 5.35. The Labute approximate surface area is 194 Å². The van der Waals surface area contributed by atoms with Crippen molar-refractivity contribution in [1.29, 1.82) is 0 Å². The number of nitrogens with zero attached hydrogens (tertiary/aromatic N) is 2. The molecule has 1 aliphatic rings. The van der Waals surface area contributed by atoms with E-state index in [1.54, 1.807) is 6.07 Å². The molecule has 9 heteroatoms. The lowest BCUT2D eigenvalue weighted by Gasteiger charge is -2.22. The Morgan fingerprint density at radius 1 is 1.15 bits per heavy atom. The first-order valence-electron chi connectivity index (χ1n) is 11.0. The van der Waals surface area contributed by atoms with Crippen LogP contribution >= 0.6 is 0 Å². The van der Waals surface area contributed by atoms with Gasteiger partial charge in [-0.1, -0.05) is 31.7 Å². The zero-order valence-electron chi connectivity index (χ0n) is 18.6. The van der Waals surface area contributed by atoms with Gasteiger partial charge in [0.25, 0.3) is 0 Å². The molecule has 0 radical (unpaired) electrons. The Hall–Kier alpha value is -3.62. The van der Waals surface area contributed by atoms with Crippen LogP contribution in [-0.2, 0) is 12.6 Å². The minimum absolute atomic E-state index is 0.0731. The topological polar surface area (TPSA) is 59.1 Å². The molecule has 1 aromatic heterocycles. The van der Waals surface area contributed by atoms with Gasteiger partial charge < -0.3 is 15.4 Å². The molecule has 0 bridgehead atoms. The van der Waals surface area contributed by atoms with Crippen molar-refractivity contribution in [1.82, 2.24) is 9.97 Å². The maximum absolute atomic E-state index is 14.0. The van der Waals surface area contributed by atoms with Crippen LogP contribution in [0.1, 0.15) is 36.6 Å². The van der Waals surface area contributed by atoms with Gasteiger partial charge in [-0.15, -0.1) is 0 Å². The van der Waals surface area contributed by atoms with Gasteiger partial charge in [0, 0.05) is 29.1 Å². The minimum atomic E-state index is -4.56. The lowest BCUT2D eigenvalue weighted by Crippen LogP contribution is -2.16. The van der Waals surface area contributed by atoms with Crippen LogP contribution in [0.4, 0.5) is 29.1 Å². The largest absolute Gasteiger partial charge is 0.488 e. The highest BCUT2D eigenvalue weighted by molar-refractivity contribution is 5.83. The van der Waals surface area contributed by atoms with E-state index in [2.05, 4.69) is 27.2 Å². The molecule has 1 aliphatic heterocycles. The van der Waals surface area contributed by atoms with Crippen molar-refractivity contribution in [3.05, 3.63) is 71.7 Å². The van der Waals surface area contributed by atoms with Gasteiger partial charge in [0.15, 0.2) is 17.4 Å². The van der Waals surface area contributed by atoms with Gasteiger partial charge in [0.05, 0.1) is 17.9 Å². The molecule has 0 saturated carbocycles. The number of anilines is 2. The molecule has 0 unspecified atom stereocenters. The molecule has 3 aromatic rings. The summed E-state index contributed by atoms with van der Waals surface area (Å²) in [5.74, 6) is 0.0318. The molecule has 0 aliphatic carbocycles. The molecule has 0 atom stereocenters. The molecule has 2 heterocycles. The number of alkyl halides is 3. The number of aromatic nitrogens is 2. The van der Waals surface area contributed by atoms with Crippen molar-refractivity contribution in [2.24, 2.45) is 0 Å². The number of aryl methyl sites for hydroxylation is 1. The average Bonchev–Trinajstić information content (AvgIpc) is 2.82. The SMILES string of the molecule is C=C(Nc1nc(-c2ccccc2C(F)(F)F)nc2c1OCCC2)c1cc(F)ccc1NCCC. The second-order valence-corrected chi connectivity index (χ2v) is 7.89. The molecule has 5 nitrogen and oxygen atoms in total. The van der Waals surface area contributed by atoms with Gasteiger partial charge >= 0.3 is 6.18 Å². The molecule has 178 valence electrons. The maximum Gasteiger partial charge on any atom is 0.417 e. The van der Waals surface area contributed by atoms with Crippen LogP contribution in [0, 0.1) is 5.82 Å². The third-order valence-electron chi connectivity index (χ3n) is 5.35. The first-order valence-corrected chi connectivity index (χ1v) is 11.0. The summed E-state index contributed by atoms with van der Waals surface area (Å²) < 4.78 is 60.7. The predicted octanol–water partition coefficient (Wildman–Crippen LogP) is 6.53. The number of benzene rings is 2. The summed E-state index contributed by atoms with van der Waals surface area (Å²) in [6.07, 6.45) is -2.49. The zero-order chi connectivity index (χ0) is 24.3. The van der Waals surface area contributed by atoms with Gasteiger partial charge in [-0.2, -0.15) is 13.2 Å². The van der Waals surface area contributed by atoms with Crippen molar-refractivity contribution in [3.8, 4) is 17.1 Å². The van der Waals surface area contributed by atoms with Gasteiger partial charge in [-0.3, -0.25) is 0 Å². The number of hydrogen-bond acceptors (Lipinski definition) is 5. The summed E-state index contributed by atoms with van der Waals surface area (Å²) in [5, 5.41) is 6.26. The third kappa shape index (κ3) is 4.98. The summed E-state index contributed by atoms with van der Waals surface area (Å²) in [4.78, 5) is 8.78. The Morgan fingerprint density at radius 3 is 2.71 bits per heavy atom. The average molecular weight is 472 g/mol. The lowest BCUT2D eigenvalue weighted by atomic mass is 10.1. The standard InChI is InChI=1S/C25H24F4N4O/c1-3-12-30-20-11-10-16(26)14-18(20)15(2)31-24-22-21(9-6-13-34-22)32-23(33-24)17-7-4-5-8-19(17)25(27,28)29/h4-5,7-8,10-11,14,30H,2-3,6,9,12-13H2,1H3,(H,31,32,33). The molecule has 34 heavy (non-hydrogen) atoms. The smallest absolute Gasteiger partial charge is 0.417 e. The normalized spacial score (nSPS) is 13.1. The summed E-state index contributed by atoms with van der Waals surface area (Å²) in [5.41, 5.74) is 1.03. The van der Waals surface area contributed by atoms with Gasteiger partial charge in [-0.05, 0) is 43.5 Å². The first kappa shape index (κ1) is 23.5. The molecule has 4 rings (SSSR count). The Kier molecular flexibility index (Phi) is 6.72. The quantitative estimate of drug-likeness (QED) is 0.383. The van der Waals surface area contributed by atoms with Crippen LogP contribution in [0.25, 0.3) is 17.1 Å². The Morgan fingerprint density at radius 2 is 1.94 bits per heavy atom. The fourth-order valence-corrected chi connectivity index (χ4v) is 3.75. The highest BCUT2D eigenvalue weighted by Gasteiger charge is 2.34. The van der Waals surface area contributed by atoms with Crippen LogP contribution in [0.3, 0.4) is 0 Å².